The van der Waals surface area contributed by atoms with Gasteiger partial charge in [-0.25, -0.2) is 4.98 Å². The Labute approximate surface area is 94.1 Å². The maximum Gasteiger partial charge on any atom is 0.290 e. The molecule has 2 unspecified atom stereocenters. The Hall–Kier alpha value is -1.36. The van der Waals surface area contributed by atoms with Crippen molar-refractivity contribution in [3.05, 3.63) is 22.7 Å². The number of nitrogens with zero attached hydrogens (tertiary/aromatic N) is 2. The van der Waals surface area contributed by atoms with Crippen LogP contribution in [0.5, 0.6) is 0 Å². The van der Waals surface area contributed by atoms with Gasteiger partial charge in [-0.2, -0.15) is 0 Å². The van der Waals surface area contributed by atoms with E-state index in [4.69, 9.17) is 0 Å². The van der Waals surface area contributed by atoms with Crippen LogP contribution in [0.4, 0.5) is 5.82 Å². The molecule has 5 nitrogen and oxygen atoms in total. The molecule has 2 rings (SSSR count). The maximum atomic E-state index is 11.6. The molecule has 0 amide bonds. The van der Waals surface area contributed by atoms with Crippen LogP contribution in [0, 0.1) is 0 Å². The van der Waals surface area contributed by atoms with Gasteiger partial charge < -0.3 is 15.0 Å². The molecule has 0 aromatic carbocycles. The first-order chi connectivity index (χ1) is 7.70. The molecule has 1 aliphatic rings. The third kappa shape index (κ3) is 2.09. The van der Waals surface area contributed by atoms with Crippen molar-refractivity contribution in [2.75, 3.05) is 11.9 Å². The number of aromatic nitrogens is 2. The SMILES string of the molecule is CN(c1ncc[nH]c1=O)C1CCCCC1O. The molecule has 0 saturated heterocycles. The van der Waals surface area contributed by atoms with E-state index in [1.807, 2.05) is 7.05 Å². The number of aliphatic hydroxyl groups is 1. The number of hydrogen-bond donors (Lipinski definition) is 2. The molecule has 0 spiro atoms. The van der Waals surface area contributed by atoms with E-state index in [0.717, 1.165) is 25.7 Å². The normalized spacial score (nSPS) is 25.4. The number of aliphatic hydroxyl groups excluding tert-OH is 1. The lowest BCUT2D eigenvalue weighted by Crippen LogP contribution is -2.45. The van der Waals surface area contributed by atoms with Gasteiger partial charge in [0, 0.05) is 19.4 Å². The molecule has 1 aliphatic carbocycles. The van der Waals surface area contributed by atoms with Crippen molar-refractivity contribution in [3.63, 3.8) is 0 Å². The predicted molar refractivity (Wildman–Crippen MR) is 61.5 cm³/mol. The van der Waals surface area contributed by atoms with Gasteiger partial charge >= 0.3 is 0 Å². The van der Waals surface area contributed by atoms with Crippen LogP contribution < -0.4 is 10.5 Å². The highest BCUT2D eigenvalue weighted by atomic mass is 16.3. The first-order valence-electron chi connectivity index (χ1n) is 5.64. The zero-order valence-corrected chi connectivity index (χ0v) is 9.39. The second-order valence-corrected chi connectivity index (χ2v) is 4.27. The molecule has 16 heavy (non-hydrogen) atoms. The fourth-order valence-electron chi connectivity index (χ4n) is 2.30. The predicted octanol–water partition coefficient (Wildman–Crippen LogP) is 0.510. The molecule has 1 aromatic heterocycles. The summed E-state index contributed by atoms with van der Waals surface area (Å²) in [5, 5.41) is 9.91. The number of rotatable bonds is 2. The maximum absolute atomic E-state index is 11.6. The third-order valence-electron chi connectivity index (χ3n) is 3.21. The van der Waals surface area contributed by atoms with E-state index in [0.29, 0.717) is 5.82 Å². The van der Waals surface area contributed by atoms with Crippen molar-refractivity contribution in [2.45, 2.75) is 37.8 Å². The van der Waals surface area contributed by atoms with Gasteiger partial charge in [0.05, 0.1) is 12.1 Å². The summed E-state index contributed by atoms with van der Waals surface area (Å²) in [6, 6.07) is 0.00440. The van der Waals surface area contributed by atoms with Crippen LogP contribution in [0.3, 0.4) is 0 Å². The average molecular weight is 223 g/mol. The van der Waals surface area contributed by atoms with Gasteiger partial charge in [0.25, 0.3) is 5.56 Å². The second kappa shape index (κ2) is 4.65. The Bertz CT molecular complexity index is 404. The van der Waals surface area contributed by atoms with Gasteiger partial charge in [0.15, 0.2) is 5.82 Å². The largest absolute Gasteiger partial charge is 0.391 e. The van der Waals surface area contributed by atoms with E-state index in [1.165, 1.54) is 6.20 Å². The highest BCUT2D eigenvalue weighted by Gasteiger charge is 2.28. The lowest BCUT2D eigenvalue weighted by atomic mass is 9.92. The summed E-state index contributed by atoms with van der Waals surface area (Å²) in [4.78, 5) is 20.0. The Kier molecular flexibility index (Phi) is 3.24. The van der Waals surface area contributed by atoms with E-state index < -0.39 is 0 Å². The van der Waals surface area contributed by atoms with Crippen LogP contribution in [0.25, 0.3) is 0 Å². The molecular formula is C11H17N3O2. The Morgan fingerprint density at radius 2 is 2.25 bits per heavy atom. The van der Waals surface area contributed by atoms with Gasteiger partial charge in [0.1, 0.15) is 0 Å². The van der Waals surface area contributed by atoms with Gasteiger partial charge in [-0.1, -0.05) is 12.8 Å². The highest BCUT2D eigenvalue weighted by Crippen LogP contribution is 2.23. The molecule has 1 fully saturated rings. The van der Waals surface area contributed by atoms with Crippen LogP contribution in [0.1, 0.15) is 25.7 Å². The van der Waals surface area contributed by atoms with Crippen molar-refractivity contribution in [1.82, 2.24) is 9.97 Å². The van der Waals surface area contributed by atoms with Crippen LogP contribution >= 0.6 is 0 Å². The third-order valence-corrected chi connectivity index (χ3v) is 3.21. The Morgan fingerprint density at radius 3 is 2.94 bits per heavy atom. The summed E-state index contributed by atoms with van der Waals surface area (Å²) in [5.41, 5.74) is -0.206. The Morgan fingerprint density at radius 1 is 1.50 bits per heavy atom. The van der Waals surface area contributed by atoms with Crippen molar-refractivity contribution >= 4 is 5.82 Å². The second-order valence-electron chi connectivity index (χ2n) is 4.27. The minimum Gasteiger partial charge on any atom is -0.391 e. The molecule has 0 radical (unpaired) electrons. The van der Waals surface area contributed by atoms with Crippen LogP contribution in [0.15, 0.2) is 17.2 Å². The monoisotopic (exact) mass is 223 g/mol. The number of aromatic amines is 1. The summed E-state index contributed by atoms with van der Waals surface area (Å²) >= 11 is 0. The summed E-state index contributed by atoms with van der Waals surface area (Å²) in [7, 11) is 1.82. The lowest BCUT2D eigenvalue weighted by Gasteiger charge is -2.35. The van der Waals surface area contributed by atoms with Crippen LogP contribution in [0.2, 0.25) is 0 Å². The molecule has 2 atom stereocenters. The smallest absolute Gasteiger partial charge is 0.290 e. The highest BCUT2D eigenvalue weighted by molar-refractivity contribution is 5.36. The van der Waals surface area contributed by atoms with Gasteiger partial charge in [0.2, 0.25) is 0 Å². The van der Waals surface area contributed by atoms with Gasteiger partial charge in [-0.05, 0) is 12.8 Å². The first kappa shape index (κ1) is 11.1. The van der Waals surface area contributed by atoms with Crippen molar-refractivity contribution in [3.8, 4) is 0 Å². The fraction of sp³-hybridized carbons (Fsp3) is 0.636. The Balaban J connectivity index is 2.21. The van der Waals surface area contributed by atoms with Crippen molar-refractivity contribution in [1.29, 1.82) is 0 Å². The molecule has 1 aromatic rings. The molecule has 1 heterocycles. The summed E-state index contributed by atoms with van der Waals surface area (Å²) < 4.78 is 0. The van der Waals surface area contributed by atoms with Crippen LogP contribution in [-0.2, 0) is 0 Å². The molecule has 0 aliphatic heterocycles. The van der Waals surface area contributed by atoms with Gasteiger partial charge in [-0.15, -0.1) is 0 Å². The van der Waals surface area contributed by atoms with E-state index >= 15 is 0 Å². The lowest BCUT2D eigenvalue weighted by molar-refractivity contribution is 0.106. The standard InChI is InChI=1S/C11H17N3O2/c1-14(8-4-2-3-5-9(8)15)10-11(16)13-7-6-12-10/h6-9,15H,2-5H2,1H3,(H,13,16). The number of H-pyrrole nitrogens is 1. The average Bonchev–Trinajstić information content (AvgIpc) is 2.29. The number of nitrogens with one attached hydrogen (secondary N) is 1. The fourth-order valence-corrected chi connectivity index (χ4v) is 2.30. The summed E-state index contributed by atoms with van der Waals surface area (Å²) in [5.74, 6) is 0.383. The summed E-state index contributed by atoms with van der Waals surface area (Å²) in [6.45, 7) is 0. The minimum atomic E-state index is -0.361. The van der Waals surface area contributed by atoms with Crippen molar-refractivity contribution < 1.29 is 5.11 Å². The molecule has 2 N–H and O–H groups in total. The summed E-state index contributed by atoms with van der Waals surface area (Å²) in [6.07, 6.45) is 6.58. The molecule has 1 saturated carbocycles. The molecular weight excluding hydrogens is 206 g/mol. The zero-order valence-electron chi connectivity index (χ0n) is 9.39. The quantitative estimate of drug-likeness (QED) is 0.766. The van der Waals surface area contributed by atoms with Gasteiger partial charge in [-0.3, -0.25) is 4.79 Å². The number of hydrogen-bond acceptors (Lipinski definition) is 4. The van der Waals surface area contributed by atoms with E-state index in [-0.39, 0.29) is 17.7 Å². The van der Waals surface area contributed by atoms with E-state index in [9.17, 15) is 9.90 Å². The van der Waals surface area contributed by atoms with E-state index in [2.05, 4.69) is 9.97 Å². The zero-order chi connectivity index (χ0) is 11.5. The van der Waals surface area contributed by atoms with E-state index in [1.54, 1.807) is 11.1 Å². The molecule has 88 valence electrons. The molecule has 0 bridgehead atoms. The minimum absolute atomic E-state index is 0.00440. The molecule has 5 heteroatoms. The van der Waals surface area contributed by atoms with Crippen molar-refractivity contribution in [2.24, 2.45) is 0 Å². The number of anilines is 1. The first-order valence-corrected chi connectivity index (χ1v) is 5.64. The number of likely N-dealkylation sites (N-methyl/N-ethyl adjacent to an activating group) is 1. The van der Waals surface area contributed by atoms with Crippen LogP contribution in [-0.4, -0.2) is 34.3 Å². The topological polar surface area (TPSA) is 69.2 Å².